The van der Waals surface area contributed by atoms with E-state index in [0.717, 1.165) is 28.1 Å². The molecule has 4 rings (SSSR count). The molecule has 2 aromatic heterocycles. The summed E-state index contributed by atoms with van der Waals surface area (Å²) >= 11 is 0. The molecule has 0 unspecified atom stereocenters. The zero-order valence-corrected chi connectivity index (χ0v) is 15.4. The number of nitrogens with one attached hydrogen (secondary N) is 1. The Labute approximate surface area is 157 Å². The second-order valence-electron chi connectivity index (χ2n) is 6.53. The van der Waals surface area contributed by atoms with Crippen LogP contribution in [0.2, 0.25) is 0 Å². The maximum Gasteiger partial charge on any atom is 0.239 e. The van der Waals surface area contributed by atoms with E-state index in [1.165, 1.54) is 0 Å². The molecule has 7 nitrogen and oxygen atoms in total. The highest BCUT2D eigenvalue weighted by molar-refractivity contribution is 5.76. The van der Waals surface area contributed by atoms with Crippen LogP contribution in [-0.2, 0) is 0 Å². The van der Waals surface area contributed by atoms with E-state index in [1.807, 2.05) is 66.9 Å². The van der Waals surface area contributed by atoms with E-state index in [1.54, 1.807) is 18.5 Å². The molecule has 7 heteroatoms. The molecule has 0 aliphatic rings. The van der Waals surface area contributed by atoms with Crippen LogP contribution in [0.15, 0.2) is 54.9 Å². The van der Waals surface area contributed by atoms with Crippen LogP contribution in [0.3, 0.4) is 0 Å². The summed E-state index contributed by atoms with van der Waals surface area (Å²) in [6.45, 7) is 1.97. The number of nitrogens with zero attached hydrogens (tertiary/aromatic N) is 5. The van der Waals surface area contributed by atoms with E-state index >= 15 is 0 Å². The normalized spacial score (nSPS) is 10.9. The fraction of sp³-hybridized carbons (Fsp3) is 0.150. The van der Waals surface area contributed by atoms with Gasteiger partial charge >= 0.3 is 0 Å². The molecule has 0 amide bonds. The van der Waals surface area contributed by atoms with Gasteiger partial charge in [-0.15, -0.1) is 0 Å². The van der Waals surface area contributed by atoms with Crippen LogP contribution in [0.1, 0.15) is 5.56 Å². The van der Waals surface area contributed by atoms with Gasteiger partial charge in [-0.25, -0.2) is 4.98 Å². The lowest BCUT2D eigenvalue weighted by Gasteiger charge is -2.16. The van der Waals surface area contributed by atoms with Gasteiger partial charge in [-0.05, 0) is 30.7 Å². The highest BCUT2D eigenvalue weighted by Crippen LogP contribution is 2.26. The van der Waals surface area contributed by atoms with Gasteiger partial charge in [0.1, 0.15) is 23.7 Å². The van der Waals surface area contributed by atoms with Crippen LogP contribution in [0, 0.1) is 6.92 Å². The summed E-state index contributed by atoms with van der Waals surface area (Å²) in [5.74, 6) is 2.12. The van der Waals surface area contributed by atoms with Gasteiger partial charge in [0.05, 0.1) is 11.0 Å². The first kappa shape index (κ1) is 16.8. The highest BCUT2D eigenvalue weighted by atomic mass is 16.3. The van der Waals surface area contributed by atoms with E-state index in [4.69, 9.17) is 0 Å². The Morgan fingerprint density at radius 2 is 1.85 bits per heavy atom. The number of para-hydroxylation sites is 2. The molecular formula is C20H20N6O. The first-order valence-electron chi connectivity index (χ1n) is 8.57. The van der Waals surface area contributed by atoms with Crippen LogP contribution in [0.5, 0.6) is 5.75 Å². The number of aromatic nitrogens is 4. The van der Waals surface area contributed by atoms with E-state index in [9.17, 15) is 5.11 Å². The first-order chi connectivity index (χ1) is 13.0. The largest absolute Gasteiger partial charge is 0.508 e. The maximum absolute atomic E-state index is 9.79. The van der Waals surface area contributed by atoms with Crippen molar-refractivity contribution >= 4 is 28.4 Å². The number of imidazole rings is 1. The minimum atomic E-state index is 0.200. The van der Waals surface area contributed by atoms with E-state index in [0.29, 0.717) is 11.8 Å². The highest BCUT2D eigenvalue weighted by Gasteiger charge is 2.12. The summed E-state index contributed by atoms with van der Waals surface area (Å²) in [6, 6.07) is 14.9. The Balaban J connectivity index is 1.82. The Morgan fingerprint density at radius 1 is 1.04 bits per heavy atom. The second kappa shape index (κ2) is 6.60. The summed E-state index contributed by atoms with van der Waals surface area (Å²) < 4.78 is 1.86. The van der Waals surface area contributed by atoms with Crippen LogP contribution in [0.4, 0.5) is 17.3 Å². The van der Waals surface area contributed by atoms with E-state index in [2.05, 4.69) is 20.3 Å². The number of hydrogen-bond acceptors (Lipinski definition) is 6. The average molecular weight is 360 g/mol. The number of phenolic OH excluding ortho intramolecular Hbond substituents is 1. The molecule has 0 saturated carbocycles. The van der Waals surface area contributed by atoms with Gasteiger partial charge in [0.2, 0.25) is 5.95 Å². The van der Waals surface area contributed by atoms with Crippen molar-refractivity contribution in [3.05, 3.63) is 60.4 Å². The summed E-state index contributed by atoms with van der Waals surface area (Å²) in [5.41, 5.74) is 3.62. The number of rotatable bonds is 4. The first-order valence-corrected chi connectivity index (χ1v) is 8.57. The molecule has 0 saturated heterocycles. The smallest absolute Gasteiger partial charge is 0.239 e. The van der Waals surface area contributed by atoms with E-state index < -0.39 is 0 Å². The maximum atomic E-state index is 9.79. The van der Waals surface area contributed by atoms with Gasteiger partial charge in [-0.2, -0.15) is 9.97 Å². The summed E-state index contributed by atoms with van der Waals surface area (Å²) in [4.78, 5) is 15.7. The minimum absolute atomic E-state index is 0.200. The molecule has 2 N–H and O–H groups in total. The zero-order valence-electron chi connectivity index (χ0n) is 15.4. The average Bonchev–Trinajstić information content (AvgIpc) is 3.08. The molecule has 0 atom stereocenters. The standard InChI is InChI=1S/C20H20N6O/c1-13-8-9-14(27)10-16(13)22-18-11-19(25(2)3)24-20(23-18)26-12-21-15-6-4-5-7-17(15)26/h4-12,27H,1-3H3,(H,22,23,24). The molecular weight excluding hydrogens is 340 g/mol. The predicted octanol–water partition coefficient (Wildman–Crippen LogP) is 3.64. The van der Waals surface area contributed by atoms with Crippen molar-refractivity contribution in [3.8, 4) is 11.7 Å². The Kier molecular flexibility index (Phi) is 4.12. The number of anilines is 3. The molecule has 2 heterocycles. The zero-order chi connectivity index (χ0) is 19.0. The van der Waals surface area contributed by atoms with Crippen LogP contribution < -0.4 is 10.2 Å². The van der Waals surface area contributed by atoms with Crippen molar-refractivity contribution < 1.29 is 5.11 Å². The topological polar surface area (TPSA) is 79.1 Å². The van der Waals surface area contributed by atoms with Crippen molar-refractivity contribution in [2.45, 2.75) is 6.92 Å². The molecule has 0 aliphatic heterocycles. The number of phenols is 1. The molecule has 27 heavy (non-hydrogen) atoms. The lowest BCUT2D eigenvalue weighted by atomic mass is 10.2. The molecule has 0 aliphatic carbocycles. The Hall–Kier alpha value is -3.61. The molecule has 0 bridgehead atoms. The molecule has 4 aromatic rings. The predicted molar refractivity (Wildman–Crippen MR) is 107 cm³/mol. The summed E-state index contributed by atoms with van der Waals surface area (Å²) in [5, 5.41) is 13.1. The van der Waals surface area contributed by atoms with Crippen LogP contribution in [-0.4, -0.2) is 38.7 Å². The van der Waals surface area contributed by atoms with Crippen molar-refractivity contribution in [3.63, 3.8) is 0 Å². The summed E-state index contributed by atoms with van der Waals surface area (Å²) in [7, 11) is 3.86. The molecule has 0 spiro atoms. The van der Waals surface area contributed by atoms with Gasteiger partial charge in [0.25, 0.3) is 0 Å². The van der Waals surface area contributed by atoms with Crippen molar-refractivity contribution in [1.29, 1.82) is 0 Å². The van der Waals surface area contributed by atoms with E-state index in [-0.39, 0.29) is 5.75 Å². The molecule has 2 aromatic carbocycles. The third-order valence-electron chi connectivity index (χ3n) is 4.31. The number of hydrogen-bond donors (Lipinski definition) is 2. The monoisotopic (exact) mass is 360 g/mol. The number of aryl methyl sites for hydroxylation is 1. The van der Waals surface area contributed by atoms with Crippen LogP contribution >= 0.6 is 0 Å². The molecule has 0 radical (unpaired) electrons. The molecule has 0 fully saturated rings. The number of aromatic hydroxyl groups is 1. The fourth-order valence-corrected chi connectivity index (χ4v) is 2.82. The lowest BCUT2D eigenvalue weighted by Crippen LogP contribution is -2.14. The van der Waals surface area contributed by atoms with Gasteiger partial charge < -0.3 is 15.3 Å². The quantitative estimate of drug-likeness (QED) is 0.578. The third-order valence-corrected chi connectivity index (χ3v) is 4.31. The van der Waals surface area contributed by atoms with Gasteiger partial charge in [0.15, 0.2) is 0 Å². The number of fused-ring (bicyclic) bond motifs is 1. The summed E-state index contributed by atoms with van der Waals surface area (Å²) in [6.07, 6.45) is 1.73. The minimum Gasteiger partial charge on any atom is -0.508 e. The van der Waals surface area contributed by atoms with Crippen molar-refractivity contribution in [2.24, 2.45) is 0 Å². The van der Waals surface area contributed by atoms with Gasteiger partial charge in [-0.1, -0.05) is 18.2 Å². The molecule has 136 valence electrons. The third kappa shape index (κ3) is 3.27. The lowest BCUT2D eigenvalue weighted by molar-refractivity contribution is 0.475. The van der Waals surface area contributed by atoms with Gasteiger partial charge in [-0.3, -0.25) is 4.57 Å². The Bertz CT molecular complexity index is 1120. The SMILES string of the molecule is Cc1ccc(O)cc1Nc1cc(N(C)C)nc(-n2cnc3ccccc32)n1. The Morgan fingerprint density at radius 3 is 2.67 bits per heavy atom. The fourth-order valence-electron chi connectivity index (χ4n) is 2.82. The van der Waals surface area contributed by atoms with Crippen molar-refractivity contribution in [1.82, 2.24) is 19.5 Å². The number of benzene rings is 2. The van der Waals surface area contributed by atoms with Crippen molar-refractivity contribution in [2.75, 3.05) is 24.3 Å². The second-order valence-corrected chi connectivity index (χ2v) is 6.53. The van der Waals surface area contributed by atoms with Crippen LogP contribution in [0.25, 0.3) is 17.0 Å². The van der Waals surface area contributed by atoms with Gasteiger partial charge in [0, 0.05) is 31.9 Å².